The van der Waals surface area contributed by atoms with E-state index >= 15 is 0 Å². The molecule has 2 aliphatic rings. The van der Waals surface area contributed by atoms with Crippen LogP contribution in [0.2, 0.25) is 5.02 Å². The number of aldehydes is 1. The van der Waals surface area contributed by atoms with Crippen LogP contribution in [0.4, 0.5) is 23.8 Å². The van der Waals surface area contributed by atoms with Crippen LogP contribution in [0.15, 0.2) is 48.7 Å². The molecule has 296 valence electrons. The summed E-state index contributed by atoms with van der Waals surface area (Å²) in [5, 5.41) is 6.19. The Morgan fingerprint density at radius 3 is 2.46 bits per heavy atom. The summed E-state index contributed by atoms with van der Waals surface area (Å²) in [4.78, 5) is 51.6. The van der Waals surface area contributed by atoms with Crippen LogP contribution in [-0.2, 0) is 28.7 Å². The SMILES string of the molecule is COc1nc(N[C@H]2CCCc3c(-c4nccc(-c5ccc(CN(C[C@@H]6CCC(=O)N6)C(=O)OC(C)(C)C)c(OC)n5)c4Cl)cccc32)c(C(F)(F)F)cc1C=O. The summed E-state index contributed by atoms with van der Waals surface area (Å²) >= 11 is 7.11. The van der Waals surface area contributed by atoms with Gasteiger partial charge in [-0.15, -0.1) is 0 Å². The highest BCUT2D eigenvalue weighted by molar-refractivity contribution is 6.35. The van der Waals surface area contributed by atoms with Crippen molar-refractivity contribution in [2.45, 2.75) is 83.3 Å². The van der Waals surface area contributed by atoms with Crippen LogP contribution in [0, 0.1) is 0 Å². The molecule has 0 saturated carbocycles. The summed E-state index contributed by atoms with van der Waals surface area (Å²) < 4.78 is 58.9. The van der Waals surface area contributed by atoms with Crippen LogP contribution >= 0.6 is 11.6 Å². The second kappa shape index (κ2) is 16.3. The fourth-order valence-electron chi connectivity index (χ4n) is 7.03. The number of rotatable bonds is 11. The Morgan fingerprint density at radius 2 is 1.80 bits per heavy atom. The minimum absolute atomic E-state index is 0.0658. The molecule has 1 aromatic carbocycles. The van der Waals surface area contributed by atoms with Gasteiger partial charge in [0.2, 0.25) is 17.7 Å². The molecule has 4 aromatic rings. The molecule has 3 aromatic heterocycles. The zero-order valence-corrected chi connectivity index (χ0v) is 32.3. The number of halogens is 4. The standard InChI is InChI=1S/C40H42ClF3N6O6/c1-39(2,3)56-38(53)50(20-24-13-15-32(52)46-24)19-22-12-14-31(48-36(22)54-4)28-16-17-45-34(33(28)41)27-10-6-9-26-25(27)8-7-11-30(26)47-35-29(40(42,43)44)18-23(21-51)37(49-35)55-5/h6,9-10,12,14,16-18,21,24,30H,7-8,11,13,15,19-20H2,1-5H3,(H,46,52)(H,47,49)/t24-,30-/m0/s1. The lowest BCUT2D eigenvalue weighted by Crippen LogP contribution is -2.43. The van der Waals surface area contributed by atoms with Gasteiger partial charge < -0.3 is 29.7 Å². The average Bonchev–Trinajstić information content (AvgIpc) is 3.57. The predicted octanol–water partition coefficient (Wildman–Crippen LogP) is 8.21. The number of fused-ring (bicyclic) bond motifs is 1. The Morgan fingerprint density at radius 1 is 1.04 bits per heavy atom. The molecule has 1 aliphatic carbocycles. The molecule has 0 spiro atoms. The van der Waals surface area contributed by atoms with Gasteiger partial charge in [0.1, 0.15) is 11.4 Å². The molecule has 0 unspecified atom stereocenters. The predicted molar refractivity (Wildman–Crippen MR) is 203 cm³/mol. The van der Waals surface area contributed by atoms with Crippen molar-refractivity contribution < 1.29 is 41.8 Å². The number of methoxy groups -OCH3 is 2. The third-order valence-corrected chi connectivity index (χ3v) is 9.93. The van der Waals surface area contributed by atoms with E-state index in [0.717, 1.165) is 17.2 Å². The highest BCUT2D eigenvalue weighted by Crippen LogP contribution is 2.43. The largest absolute Gasteiger partial charge is 0.481 e. The number of alkyl halides is 3. The zero-order chi connectivity index (χ0) is 40.4. The van der Waals surface area contributed by atoms with Crippen molar-refractivity contribution in [3.8, 4) is 34.3 Å². The van der Waals surface area contributed by atoms with Crippen LogP contribution in [0.25, 0.3) is 22.5 Å². The van der Waals surface area contributed by atoms with E-state index < -0.39 is 35.3 Å². The van der Waals surface area contributed by atoms with E-state index in [-0.39, 0.29) is 48.6 Å². The number of hydrogen-bond acceptors (Lipinski definition) is 10. The smallest absolute Gasteiger partial charge is 0.419 e. The number of amides is 2. The molecule has 0 radical (unpaired) electrons. The number of ether oxygens (including phenoxy) is 3. The van der Waals surface area contributed by atoms with E-state index in [0.29, 0.717) is 65.2 Å². The maximum Gasteiger partial charge on any atom is 0.419 e. The zero-order valence-electron chi connectivity index (χ0n) is 31.6. The number of anilines is 1. The molecule has 6 rings (SSSR count). The maximum atomic E-state index is 14.1. The van der Waals surface area contributed by atoms with Crippen molar-refractivity contribution in [2.75, 3.05) is 26.1 Å². The highest BCUT2D eigenvalue weighted by atomic mass is 35.5. The molecule has 12 nitrogen and oxygen atoms in total. The number of hydrogen-bond donors (Lipinski definition) is 2. The van der Waals surface area contributed by atoms with E-state index in [2.05, 4.69) is 20.6 Å². The fourth-order valence-corrected chi connectivity index (χ4v) is 7.34. The lowest BCUT2D eigenvalue weighted by Gasteiger charge is -2.30. The van der Waals surface area contributed by atoms with Gasteiger partial charge in [-0.3, -0.25) is 14.6 Å². The minimum Gasteiger partial charge on any atom is -0.481 e. The number of pyridine rings is 3. The van der Waals surface area contributed by atoms with E-state index in [1.807, 2.05) is 12.1 Å². The molecular weight excluding hydrogens is 753 g/mol. The quantitative estimate of drug-likeness (QED) is 0.143. The fraction of sp³-hybridized carbons (Fsp3) is 0.400. The van der Waals surface area contributed by atoms with E-state index in [9.17, 15) is 27.6 Å². The summed E-state index contributed by atoms with van der Waals surface area (Å²) in [5.74, 6) is -0.462. The Balaban J connectivity index is 1.31. The van der Waals surface area contributed by atoms with Gasteiger partial charge in [-0.2, -0.15) is 18.2 Å². The summed E-state index contributed by atoms with van der Waals surface area (Å²) in [6, 6.07) is 10.8. The first-order valence-electron chi connectivity index (χ1n) is 18.1. The topological polar surface area (TPSA) is 145 Å². The average molecular weight is 795 g/mol. The van der Waals surface area contributed by atoms with Gasteiger partial charge in [-0.05, 0) is 81.8 Å². The van der Waals surface area contributed by atoms with Crippen molar-refractivity contribution >= 4 is 35.7 Å². The van der Waals surface area contributed by atoms with Gasteiger partial charge in [0.05, 0.1) is 54.3 Å². The summed E-state index contributed by atoms with van der Waals surface area (Å²) in [6.07, 6.45) is -0.659. The van der Waals surface area contributed by atoms with E-state index in [4.69, 9.17) is 30.8 Å². The molecule has 1 saturated heterocycles. The highest BCUT2D eigenvalue weighted by Gasteiger charge is 2.37. The first-order valence-corrected chi connectivity index (χ1v) is 18.4. The third kappa shape index (κ3) is 8.83. The molecule has 4 heterocycles. The first-order chi connectivity index (χ1) is 26.6. The van der Waals surface area contributed by atoms with Crippen LogP contribution < -0.4 is 20.1 Å². The Bertz CT molecular complexity index is 2140. The Hall–Kier alpha value is -5.44. The second-order valence-corrected chi connectivity index (χ2v) is 15.0. The van der Waals surface area contributed by atoms with Crippen LogP contribution in [-0.4, -0.2) is 70.5 Å². The van der Waals surface area contributed by atoms with Crippen LogP contribution in [0.1, 0.15) is 85.1 Å². The minimum atomic E-state index is -4.78. The van der Waals surface area contributed by atoms with Crippen molar-refractivity contribution in [2.24, 2.45) is 0 Å². The van der Waals surface area contributed by atoms with Crippen molar-refractivity contribution in [3.05, 3.63) is 81.5 Å². The van der Waals surface area contributed by atoms with Crippen LogP contribution in [0.5, 0.6) is 11.8 Å². The van der Waals surface area contributed by atoms with E-state index in [1.54, 1.807) is 51.2 Å². The lowest BCUT2D eigenvalue weighted by molar-refractivity contribution is -0.137. The van der Waals surface area contributed by atoms with Gasteiger partial charge in [-0.1, -0.05) is 29.8 Å². The molecule has 1 fully saturated rings. The Labute approximate surface area is 327 Å². The molecular formula is C40H42ClF3N6O6. The number of nitrogens with zero attached hydrogens (tertiary/aromatic N) is 4. The number of nitrogens with one attached hydrogen (secondary N) is 2. The molecule has 2 atom stereocenters. The lowest BCUT2D eigenvalue weighted by atomic mass is 9.83. The molecule has 2 amide bonds. The van der Waals surface area contributed by atoms with Gasteiger partial charge >= 0.3 is 12.3 Å². The van der Waals surface area contributed by atoms with Crippen molar-refractivity contribution in [1.29, 1.82) is 0 Å². The number of aromatic nitrogens is 3. The molecule has 0 bridgehead atoms. The number of carbonyl (C=O) groups excluding carboxylic acids is 3. The van der Waals surface area contributed by atoms with Gasteiger partial charge in [0.25, 0.3) is 0 Å². The first kappa shape index (κ1) is 40.2. The molecule has 56 heavy (non-hydrogen) atoms. The summed E-state index contributed by atoms with van der Waals surface area (Å²) in [6.45, 7) is 5.69. The summed E-state index contributed by atoms with van der Waals surface area (Å²) in [7, 11) is 2.71. The summed E-state index contributed by atoms with van der Waals surface area (Å²) in [5.41, 5.74) is 2.34. The number of benzene rings is 1. The number of carbonyl (C=O) groups is 3. The molecule has 16 heteroatoms. The normalized spacial score (nSPS) is 16.8. The van der Waals surface area contributed by atoms with Crippen molar-refractivity contribution in [1.82, 2.24) is 25.2 Å². The van der Waals surface area contributed by atoms with Gasteiger partial charge in [0.15, 0.2) is 6.29 Å². The van der Waals surface area contributed by atoms with Gasteiger partial charge in [0, 0.05) is 41.9 Å². The Kier molecular flexibility index (Phi) is 11.7. The maximum absolute atomic E-state index is 14.1. The van der Waals surface area contributed by atoms with Gasteiger partial charge in [-0.25, -0.2) is 9.78 Å². The second-order valence-electron chi connectivity index (χ2n) is 14.6. The van der Waals surface area contributed by atoms with E-state index in [1.165, 1.54) is 19.1 Å². The van der Waals surface area contributed by atoms with Crippen molar-refractivity contribution in [3.63, 3.8) is 0 Å². The third-order valence-electron chi connectivity index (χ3n) is 9.55. The van der Waals surface area contributed by atoms with Crippen LogP contribution in [0.3, 0.4) is 0 Å². The molecule has 1 aliphatic heterocycles. The monoisotopic (exact) mass is 794 g/mol. The molecule has 2 N–H and O–H groups in total.